The van der Waals surface area contributed by atoms with Gasteiger partial charge in [-0.15, -0.1) is 0 Å². The van der Waals surface area contributed by atoms with Gasteiger partial charge in [-0.3, -0.25) is 4.79 Å². The third-order valence-corrected chi connectivity index (χ3v) is 3.88. The van der Waals surface area contributed by atoms with Crippen LogP contribution in [0, 0.1) is 23.3 Å². The van der Waals surface area contributed by atoms with Gasteiger partial charge in [0.05, 0.1) is 24.4 Å². The minimum atomic E-state index is -1.15. The average molecular weight is 495 g/mol. The minimum Gasteiger partial charge on any atom is -0.462 e. The normalized spacial score (nSPS) is 9.88. The molecule has 32 heavy (non-hydrogen) atoms. The monoisotopic (exact) mass is 494 g/mol. The van der Waals surface area contributed by atoms with Crippen LogP contribution in [-0.4, -0.2) is 30.9 Å². The van der Waals surface area contributed by atoms with Gasteiger partial charge in [0, 0.05) is 17.7 Å². The number of carbonyl (C=O) groups is 3. The van der Waals surface area contributed by atoms with Gasteiger partial charge < -0.3 is 9.47 Å². The summed E-state index contributed by atoms with van der Waals surface area (Å²) in [7, 11) is 0. The van der Waals surface area contributed by atoms with Crippen LogP contribution in [0.2, 0.25) is 0 Å². The fraction of sp³-hybridized carbons (Fsp3) is 0.190. The van der Waals surface area contributed by atoms with E-state index in [1.165, 1.54) is 6.92 Å². The molecule has 172 valence electrons. The Morgan fingerprint density at radius 3 is 1.59 bits per heavy atom. The first kappa shape index (κ1) is 27.1. The maximum atomic E-state index is 13.5. The molecular weight excluding hydrogens is 479 g/mol. The molecule has 0 fully saturated rings. The van der Waals surface area contributed by atoms with Gasteiger partial charge in [0.15, 0.2) is 0 Å². The Morgan fingerprint density at radius 2 is 1.19 bits per heavy atom. The van der Waals surface area contributed by atoms with Crippen molar-refractivity contribution in [1.82, 2.24) is 0 Å². The number of carbonyl (C=O) groups excluding carboxylic acids is 3. The van der Waals surface area contributed by atoms with E-state index in [-0.39, 0.29) is 24.4 Å². The Labute approximate surface area is 190 Å². The number of ether oxygens (including phenoxy) is 2. The van der Waals surface area contributed by atoms with E-state index in [1.54, 1.807) is 6.92 Å². The number of hydrogen-bond donors (Lipinski definition) is 0. The Kier molecular flexibility index (Phi) is 10.9. The smallest absolute Gasteiger partial charge is 0.379 e. The van der Waals surface area contributed by atoms with Crippen LogP contribution in [0.1, 0.15) is 29.8 Å². The third kappa shape index (κ3) is 7.65. The van der Waals surface area contributed by atoms with Crippen LogP contribution in [0.4, 0.5) is 17.6 Å². The largest absolute Gasteiger partial charge is 0.462 e. The molecule has 0 amide bonds. The van der Waals surface area contributed by atoms with Crippen molar-refractivity contribution in [3.05, 3.63) is 75.3 Å². The van der Waals surface area contributed by atoms with E-state index in [9.17, 15) is 31.9 Å². The van der Waals surface area contributed by atoms with Crippen molar-refractivity contribution in [2.75, 3.05) is 13.2 Å². The second kappa shape index (κ2) is 12.8. The van der Waals surface area contributed by atoms with E-state index in [0.717, 1.165) is 24.3 Å². The highest BCUT2D eigenvalue weighted by molar-refractivity contribution is 6.61. The van der Waals surface area contributed by atoms with Gasteiger partial charge >= 0.3 is 11.9 Å². The number of hydrogen-bond acceptors (Lipinski definition) is 5. The summed E-state index contributed by atoms with van der Waals surface area (Å²) in [5.74, 6) is -6.72. The average Bonchev–Trinajstić information content (AvgIpc) is 2.70. The molecule has 0 unspecified atom stereocenters. The molecule has 2 aromatic rings. The predicted octanol–water partition coefficient (Wildman–Crippen LogP) is 5.38. The molecule has 11 heteroatoms. The van der Waals surface area contributed by atoms with Crippen LogP contribution in [0.15, 0.2) is 40.9 Å². The van der Waals surface area contributed by atoms with Crippen molar-refractivity contribution >= 4 is 46.5 Å². The second-order valence-corrected chi connectivity index (χ2v) is 6.60. The zero-order valence-corrected chi connectivity index (χ0v) is 18.2. The zero-order chi connectivity index (χ0) is 24.4. The van der Waals surface area contributed by atoms with E-state index in [0.29, 0.717) is 12.1 Å². The lowest BCUT2D eigenvalue weighted by molar-refractivity contribution is -0.137. The van der Waals surface area contributed by atoms with Gasteiger partial charge in [0.25, 0.3) is 5.78 Å². The van der Waals surface area contributed by atoms with Crippen molar-refractivity contribution in [3.8, 4) is 0 Å². The molecule has 0 saturated carbocycles. The van der Waals surface area contributed by atoms with Gasteiger partial charge in [-0.05, 0) is 38.1 Å². The topological polar surface area (TPSA) is 69.7 Å². The van der Waals surface area contributed by atoms with Crippen LogP contribution in [0.3, 0.4) is 0 Å². The highest BCUT2D eigenvalue weighted by atomic mass is 35.5. The quantitative estimate of drug-likeness (QED) is 0.177. The highest BCUT2D eigenvalue weighted by Gasteiger charge is 2.22. The predicted molar refractivity (Wildman–Crippen MR) is 109 cm³/mol. The number of rotatable bonds is 6. The molecule has 0 spiro atoms. The third-order valence-electron chi connectivity index (χ3n) is 3.51. The van der Waals surface area contributed by atoms with Crippen LogP contribution in [0.5, 0.6) is 0 Å². The number of esters is 2. The van der Waals surface area contributed by atoms with Crippen LogP contribution < -0.4 is 0 Å². The fourth-order valence-corrected chi connectivity index (χ4v) is 2.52. The molecular formula is C21H16Cl2F4O5. The van der Waals surface area contributed by atoms with Crippen molar-refractivity contribution in [3.63, 3.8) is 0 Å². The van der Waals surface area contributed by atoms with Crippen molar-refractivity contribution in [2.24, 2.45) is 0 Å². The summed E-state index contributed by atoms with van der Waals surface area (Å²) >= 11 is 11.0. The maximum absolute atomic E-state index is 13.5. The lowest BCUT2D eigenvalue weighted by atomic mass is 10.1. The minimum absolute atomic E-state index is 0.0212. The molecule has 0 aliphatic heterocycles. The van der Waals surface area contributed by atoms with Crippen molar-refractivity contribution in [2.45, 2.75) is 13.8 Å². The van der Waals surface area contributed by atoms with E-state index in [1.807, 2.05) is 0 Å². The van der Waals surface area contributed by atoms with Gasteiger partial charge in [-0.25, -0.2) is 27.2 Å². The summed E-state index contributed by atoms with van der Waals surface area (Å²) in [5.41, 5.74) is -1.02. The van der Waals surface area contributed by atoms with Crippen LogP contribution >= 0.6 is 23.2 Å². The molecule has 2 aromatic carbocycles. The fourth-order valence-electron chi connectivity index (χ4n) is 2.16. The van der Waals surface area contributed by atoms with E-state index in [4.69, 9.17) is 23.2 Å². The van der Waals surface area contributed by atoms with E-state index >= 15 is 0 Å². The first-order valence-electron chi connectivity index (χ1n) is 8.87. The lowest BCUT2D eigenvalue weighted by Crippen LogP contribution is -2.18. The van der Waals surface area contributed by atoms with Crippen LogP contribution in [-0.2, 0) is 19.1 Å². The number of Topliss-reactive ketones (excluding diaryl/α,β-unsaturated/α-hetero) is 1. The Morgan fingerprint density at radius 1 is 0.750 bits per heavy atom. The van der Waals surface area contributed by atoms with Gasteiger partial charge in [-0.2, -0.15) is 0 Å². The summed E-state index contributed by atoms with van der Waals surface area (Å²) in [6.07, 6.45) is 0. The molecule has 0 atom stereocenters. The number of halogens is 6. The molecule has 0 N–H and O–H groups in total. The molecule has 2 rings (SSSR count). The van der Waals surface area contributed by atoms with E-state index in [2.05, 4.69) is 9.47 Å². The van der Waals surface area contributed by atoms with E-state index < -0.39 is 51.0 Å². The van der Waals surface area contributed by atoms with Gasteiger partial charge in [0.2, 0.25) is 0 Å². The molecule has 0 aliphatic rings. The maximum Gasteiger partial charge on any atom is 0.379 e. The SMILES string of the molecule is CCOC(=O)C(=C(Cl)Cl)c1ccc(F)cc1F.CCOC(=O)C(=O)c1ccc(F)cc1F. The Hall–Kier alpha value is -2.91. The van der Waals surface area contributed by atoms with Gasteiger partial charge in [0.1, 0.15) is 27.8 Å². The summed E-state index contributed by atoms with van der Waals surface area (Å²) in [4.78, 5) is 33.7. The molecule has 0 heterocycles. The first-order chi connectivity index (χ1) is 15.0. The molecule has 0 radical (unpaired) electrons. The summed E-state index contributed by atoms with van der Waals surface area (Å²) in [5, 5.41) is 0. The summed E-state index contributed by atoms with van der Waals surface area (Å²) < 4.78 is 60.3. The summed E-state index contributed by atoms with van der Waals surface area (Å²) in [6.45, 7) is 3.21. The molecule has 0 aromatic heterocycles. The molecule has 0 saturated heterocycles. The summed E-state index contributed by atoms with van der Waals surface area (Å²) in [6, 6.07) is 5.03. The molecule has 5 nitrogen and oxygen atoms in total. The number of benzene rings is 2. The zero-order valence-electron chi connectivity index (χ0n) is 16.7. The first-order valence-corrected chi connectivity index (χ1v) is 9.63. The Bertz CT molecular complexity index is 1040. The standard InChI is InChI=1S/C11H8Cl2F2O2.C10H8F2O3/c1-2-17-11(16)9(10(12)13)7-4-3-6(14)5-8(7)15;1-2-15-10(14)9(13)7-4-3-6(11)5-8(7)12/h3-5H,2H2,1H3;3-5H,2H2,1H3. The molecule has 0 bridgehead atoms. The lowest BCUT2D eigenvalue weighted by Gasteiger charge is -2.08. The molecule has 0 aliphatic carbocycles. The highest BCUT2D eigenvalue weighted by Crippen LogP contribution is 2.28. The van der Waals surface area contributed by atoms with Crippen molar-refractivity contribution in [1.29, 1.82) is 0 Å². The van der Waals surface area contributed by atoms with Gasteiger partial charge in [-0.1, -0.05) is 23.2 Å². The van der Waals surface area contributed by atoms with Crippen molar-refractivity contribution < 1.29 is 41.4 Å². The van der Waals surface area contributed by atoms with Crippen LogP contribution in [0.25, 0.3) is 5.57 Å². The second-order valence-electron chi connectivity index (χ2n) is 5.65. The number of ketones is 1. The Balaban J connectivity index is 0.000000323.